The zero-order valence-corrected chi connectivity index (χ0v) is 24.7. The molecule has 4 rings (SSSR count). The Bertz CT molecular complexity index is 957. The fourth-order valence-corrected chi connectivity index (χ4v) is 6.13. The molecule has 3 amide bonds. The maximum Gasteiger partial charge on any atom is 0.331 e. The number of carbonyl (C=O) groups excluding carboxylic acids is 2. The van der Waals surface area contributed by atoms with Crippen LogP contribution >= 0.6 is 11.6 Å². The first kappa shape index (κ1) is 30.3. The highest BCUT2D eigenvalue weighted by Gasteiger charge is 2.59. The van der Waals surface area contributed by atoms with Crippen molar-refractivity contribution >= 4 is 29.2 Å². The second-order valence-electron chi connectivity index (χ2n) is 11.4. The molecule has 3 aliphatic rings. The van der Waals surface area contributed by atoms with Crippen molar-refractivity contribution < 1.29 is 28.5 Å². The smallest absolute Gasteiger partial charge is 0.331 e. The molecule has 0 aromatic heterocycles. The molecule has 3 heterocycles. The van der Waals surface area contributed by atoms with Crippen LogP contribution < -0.4 is 4.90 Å². The van der Waals surface area contributed by atoms with Gasteiger partial charge in [-0.25, -0.2) is 9.69 Å². The minimum absolute atomic E-state index is 0.124. The van der Waals surface area contributed by atoms with Crippen molar-refractivity contribution in [1.82, 2.24) is 4.90 Å². The number of benzene rings is 1. The van der Waals surface area contributed by atoms with Gasteiger partial charge in [0.1, 0.15) is 18.3 Å². The molecule has 0 bridgehead atoms. The molecule has 5 atom stereocenters. The Hall–Kier alpha value is -1.71. The number of nitrogens with zero attached hydrogens (tertiary/aromatic N) is 2. The normalized spacial score (nSPS) is 28.4. The van der Waals surface area contributed by atoms with Gasteiger partial charge in [-0.2, -0.15) is 0 Å². The monoisotopic (exact) mass is 564 g/mol. The SMILES string of the molecule is CCCCCCCCCCCCN1C(=O)N(c2ccc(Cl)cc2)C(=O)C[C@H]1C1OC2OC(C)(C)OC2[C@H]1OC. The van der Waals surface area contributed by atoms with Crippen LogP contribution in [-0.2, 0) is 23.7 Å². The average Bonchev–Trinajstić information content (AvgIpc) is 3.38. The van der Waals surface area contributed by atoms with Gasteiger partial charge in [-0.15, -0.1) is 0 Å². The van der Waals surface area contributed by atoms with Gasteiger partial charge in [0.2, 0.25) is 5.91 Å². The molecule has 0 spiro atoms. The first-order chi connectivity index (χ1) is 18.8. The van der Waals surface area contributed by atoms with E-state index in [2.05, 4.69) is 6.92 Å². The third kappa shape index (κ3) is 7.33. The van der Waals surface area contributed by atoms with Crippen LogP contribution in [0.15, 0.2) is 24.3 Å². The Labute approximate surface area is 238 Å². The number of amides is 3. The molecule has 3 aliphatic heterocycles. The summed E-state index contributed by atoms with van der Waals surface area (Å²) >= 11 is 6.06. The number of fused-ring (bicyclic) bond motifs is 1. The molecule has 9 heteroatoms. The molecular formula is C30H45ClN2O6. The van der Waals surface area contributed by atoms with Gasteiger partial charge in [0, 0.05) is 18.7 Å². The zero-order valence-electron chi connectivity index (χ0n) is 23.9. The number of rotatable bonds is 14. The lowest BCUT2D eigenvalue weighted by Crippen LogP contribution is -2.62. The summed E-state index contributed by atoms with van der Waals surface area (Å²) in [5.41, 5.74) is 0.516. The van der Waals surface area contributed by atoms with Gasteiger partial charge in [0.25, 0.3) is 0 Å². The summed E-state index contributed by atoms with van der Waals surface area (Å²) in [5.74, 6) is -1.06. The maximum absolute atomic E-state index is 13.9. The number of hydrogen-bond acceptors (Lipinski definition) is 6. The topological polar surface area (TPSA) is 77.5 Å². The number of urea groups is 1. The third-order valence-electron chi connectivity index (χ3n) is 7.99. The van der Waals surface area contributed by atoms with Gasteiger partial charge in [0.15, 0.2) is 12.1 Å². The van der Waals surface area contributed by atoms with E-state index in [1.807, 2.05) is 13.8 Å². The van der Waals surface area contributed by atoms with Crippen LogP contribution in [0.2, 0.25) is 5.02 Å². The number of carbonyl (C=O) groups is 2. The Balaban J connectivity index is 1.42. The number of ether oxygens (including phenoxy) is 4. The number of methoxy groups -OCH3 is 1. The minimum Gasteiger partial charge on any atom is -0.376 e. The summed E-state index contributed by atoms with van der Waals surface area (Å²) < 4.78 is 24.1. The summed E-state index contributed by atoms with van der Waals surface area (Å²) in [6.07, 6.45) is 10.2. The van der Waals surface area contributed by atoms with Crippen molar-refractivity contribution in [1.29, 1.82) is 0 Å². The second kappa shape index (κ2) is 13.8. The molecule has 3 unspecified atom stereocenters. The first-order valence-corrected chi connectivity index (χ1v) is 15.1. The summed E-state index contributed by atoms with van der Waals surface area (Å²) in [6, 6.07) is 5.97. The lowest BCUT2D eigenvalue weighted by atomic mass is 9.96. The number of imide groups is 1. The van der Waals surface area contributed by atoms with E-state index in [-0.39, 0.29) is 18.4 Å². The lowest BCUT2D eigenvalue weighted by molar-refractivity contribution is -0.223. The van der Waals surface area contributed by atoms with Crippen LogP contribution in [0.25, 0.3) is 0 Å². The van der Waals surface area contributed by atoms with Crippen molar-refractivity contribution in [3.05, 3.63) is 29.3 Å². The molecule has 0 N–H and O–H groups in total. The average molecular weight is 565 g/mol. The van der Waals surface area contributed by atoms with E-state index < -0.39 is 36.4 Å². The Morgan fingerprint density at radius 3 is 2.15 bits per heavy atom. The summed E-state index contributed by atoms with van der Waals surface area (Å²) in [6.45, 7) is 6.46. The third-order valence-corrected chi connectivity index (χ3v) is 8.24. The quantitative estimate of drug-likeness (QED) is 0.235. The summed E-state index contributed by atoms with van der Waals surface area (Å²) in [4.78, 5) is 30.3. The number of unbranched alkanes of at least 4 members (excludes halogenated alkanes) is 9. The molecule has 1 aromatic rings. The molecule has 0 radical (unpaired) electrons. The van der Waals surface area contributed by atoms with E-state index in [0.717, 1.165) is 19.3 Å². The van der Waals surface area contributed by atoms with Gasteiger partial charge in [-0.3, -0.25) is 4.79 Å². The predicted octanol–water partition coefficient (Wildman–Crippen LogP) is 6.68. The van der Waals surface area contributed by atoms with Crippen LogP contribution in [-0.4, -0.2) is 66.9 Å². The van der Waals surface area contributed by atoms with Crippen LogP contribution in [0, 0.1) is 0 Å². The zero-order chi connectivity index (χ0) is 28.0. The van der Waals surface area contributed by atoms with Crippen LogP contribution in [0.5, 0.6) is 0 Å². The molecule has 0 aliphatic carbocycles. The standard InChI is InChI=1S/C30H45ClN2O6/c1-5-6-7-8-9-10-11-12-13-14-19-32-23(25-26(36-4)27-28(37-25)39-30(2,3)38-27)20-24(34)33(29(32)35)22-17-15-21(31)16-18-22/h15-18,23,25-28H,5-14,19-20H2,1-4H3/t23-,25?,26-,27?,28?/m0/s1. The van der Waals surface area contributed by atoms with E-state index in [4.69, 9.17) is 30.5 Å². The van der Waals surface area contributed by atoms with Gasteiger partial charge >= 0.3 is 6.03 Å². The van der Waals surface area contributed by atoms with Crippen molar-refractivity contribution in [2.45, 2.75) is 128 Å². The van der Waals surface area contributed by atoms with Crippen LogP contribution in [0.4, 0.5) is 10.5 Å². The molecule has 39 heavy (non-hydrogen) atoms. The highest BCUT2D eigenvalue weighted by molar-refractivity contribution is 6.30. The van der Waals surface area contributed by atoms with Crippen molar-refractivity contribution in [2.75, 3.05) is 18.6 Å². The maximum atomic E-state index is 13.9. The Morgan fingerprint density at radius 1 is 0.923 bits per heavy atom. The Kier molecular flexibility index (Phi) is 10.7. The van der Waals surface area contributed by atoms with Crippen LogP contribution in [0.3, 0.4) is 0 Å². The second-order valence-corrected chi connectivity index (χ2v) is 11.8. The van der Waals surface area contributed by atoms with Gasteiger partial charge < -0.3 is 23.8 Å². The Morgan fingerprint density at radius 2 is 1.54 bits per heavy atom. The van der Waals surface area contributed by atoms with E-state index in [1.165, 1.54) is 49.8 Å². The van der Waals surface area contributed by atoms with E-state index in [1.54, 1.807) is 36.3 Å². The van der Waals surface area contributed by atoms with Crippen molar-refractivity contribution in [2.24, 2.45) is 0 Å². The molecule has 218 valence electrons. The van der Waals surface area contributed by atoms with E-state index in [0.29, 0.717) is 17.3 Å². The van der Waals surface area contributed by atoms with E-state index in [9.17, 15) is 9.59 Å². The number of halogens is 1. The van der Waals surface area contributed by atoms with Crippen molar-refractivity contribution in [3.63, 3.8) is 0 Å². The van der Waals surface area contributed by atoms with Gasteiger partial charge in [-0.1, -0.05) is 76.3 Å². The van der Waals surface area contributed by atoms with Crippen LogP contribution in [0.1, 0.15) is 91.4 Å². The minimum atomic E-state index is -0.781. The largest absolute Gasteiger partial charge is 0.376 e. The fourth-order valence-electron chi connectivity index (χ4n) is 6.01. The fraction of sp³-hybridized carbons (Fsp3) is 0.733. The lowest BCUT2D eigenvalue weighted by Gasteiger charge is -2.43. The molecule has 1 aromatic carbocycles. The molecule has 3 fully saturated rings. The predicted molar refractivity (Wildman–Crippen MR) is 151 cm³/mol. The summed E-state index contributed by atoms with van der Waals surface area (Å²) in [5, 5.41) is 0.549. The number of anilines is 1. The first-order valence-electron chi connectivity index (χ1n) is 14.7. The van der Waals surface area contributed by atoms with E-state index >= 15 is 0 Å². The highest BCUT2D eigenvalue weighted by atomic mass is 35.5. The molecule has 0 saturated carbocycles. The van der Waals surface area contributed by atoms with Gasteiger partial charge in [0.05, 0.1) is 18.2 Å². The summed E-state index contributed by atoms with van der Waals surface area (Å²) in [7, 11) is 1.61. The van der Waals surface area contributed by atoms with Crippen molar-refractivity contribution in [3.8, 4) is 0 Å². The highest BCUT2D eigenvalue weighted by Crippen LogP contribution is 2.42. The molecule has 8 nitrogen and oxygen atoms in total. The molecular weight excluding hydrogens is 520 g/mol. The number of hydrogen-bond donors (Lipinski definition) is 0. The van der Waals surface area contributed by atoms with Gasteiger partial charge in [-0.05, 0) is 44.5 Å². The molecule has 3 saturated heterocycles.